The number of aromatic nitrogens is 1. The number of hydrogen-bond acceptors (Lipinski definition) is 5. The molecular formula is C24H22N2O4. The number of ketones is 1. The summed E-state index contributed by atoms with van der Waals surface area (Å²) >= 11 is 0. The van der Waals surface area contributed by atoms with Crippen LogP contribution in [0.25, 0.3) is 10.8 Å². The molecule has 0 spiro atoms. The van der Waals surface area contributed by atoms with Crippen LogP contribution in [0.5, 0.6) is 11.5 Å². The maximum Gasteiger partial charge on any atom is 0.256 e. The van der Waals surface area contributed by atoms with Crippen molar-refractivity contribution in [1.82, 2.24) is 9.88 Å². The van der Waals surface area contributed by atoms with Crippen molar-refractivity contribution < 1.29 is 19.1 Å². The number of fused-ring (bicyclic) bond motifs is 2. The second-order valence-corrected chi connectivity index (χ2v) is 7.70. The minimum absolute atomic E-state index is 0.0236. The molecule has 2 aliphatic rings. The van der Waals surface area contributed by atoms with E-state index in [1.807, 2.05) is 29.2 Å². The predicted molar refractivity (Wildman–Crippen MR) is 112 cm³/mol. The molecular weight excluding hydrogens is 380 g/mol. The van der Waals surface area contributed by atoms with E-state index in [4.69, 9.17) is 9.47 Å². The third kappa shape index (κ3) is 3.38. The Morgan fingerprint density at radius 2 is 1.70 bits per heavy atom. The highest BCUT2D eigenvalue weighted by Gasteiger charge is 2.29. The smallest absolute Gasteiger partial charge is 0.256 e. The minimum atomic E-state index is -0.0951. The number of ether oxygens (including phenoxy) is 2. The van der Waals surface area contributed by atoms with Gasteiger partial charge in [-0.15, -0.1) is 0 Å². The molecule has 2 aliphatic heterocycles. The lowest BCUT2D eigenvalue weighted by atomic mass is 9.88. The van der Waals surface area contributed by atoms with Crippen LogP contribution in [0.4, 0.5) is 0 Å². The van der Waals surface area contributed by atoms with Gasteiger partial charge in [-0.2, -0.15) is 0 Å². The van der Waals surface area contributed by atoms with Crippen molar-refractivity contribution in [2.75, 3.05) is 26.3 Å². The summed E-state index contributed by atoms with van der Waals surface area (Å²) in [5.74, 6) is 1.29. The molecule has 30 heavy (non-hydrogen) atoms. The fraction of sp³-hybridized carbons (Fsp3) is 0.292. The summed E-state index contributed by atoms with van der Waals surface area (Å²) in [7, 11) is 0. The Morgan fingerprint density at radius 3 is 2.53 bits per heavy atom. The first-order valence-corrected chi connectivity index (χ1v) is 10.3. The van der Waals surface area contributed by atoms with Crippen molar-refractivity contribution in [1.29, 1.82) is 0 Å². The van der Waals surface area contributed by atoms with E-state index in [0.717, 1.165) is 10.8 Å². The number of pyridine rings is 1. The predicted octanol–water partition coefficient (Wildman–Crippen LogP) is 3.74. The summed E-state index contributed by atoms with van der Waals surface area (Å²) in [6, 6.07) is 13.1. The monoisotopic (exact) mass is 402 g/mol. The Hall–Kier alpha value is -3.41. The maximum absolute atomic E-state index is 13.1. The molecule has 2 aromatic carbocycles. The zero-order valence-electron chi connectivity index (χ0n) is 16.5. The zero-order chi connectivity index (χ0) is 20.5. The van der Waals surface area contributed by atoms with E-state index in [0.29, 0.717) is 61.8 Å². The molecule has 0 atom stereocenters. The molecule has 5 rings (SSSR count). The molecule has 1 fully saturated rings. The summed E-state index contributed by atoms with van der Waals surface area (Å²) < 4.78 is 11.1. The molecule has 0 bridgehead atoms. The average molecular weight is 402 g/mol. The van der Waals surface area contributed by atoms with E-state index in [1.54, 1.807) is 30.6 Å². The Bertz CT molecular complexity index is 1110. The number of hydrogen-bond donors (Lipinski definition) is 0. The number of likely N-dealkylation sites (tertiary alicyclic amines) is 1. The van der Waals surface area contributed by atoms with Crippen LogP contribution in [0.15, 0.2) is 54.9 Å². The van der Waals surface area contributed by atoms with Crippen LogP contribution >= 0.6 is 0 Å². The number of amides is 1. The number of rotatable bonds is 3. The lowest BCUT2D eigenvalue weighted by molar-refractivity contribution is 0.0651. The first kappa shape index (κ1) is 18.6. The number of nitrogens with zero attached hydrogens (tertiary/aromatic N) is 2. The molecule has 0 aliphatic carbocycles. The Morgan fingerprint density at radius 1 is 0.933 bits per heavy atom. The summed E-state index contributed by atoms with van der Waals surface area (Å²) in [4.78, 5) is 32.1. The van der Waals surface area contributed by atoms with Gasteiger partial charge in [-0.3, -0.25) is 14.6 Å². The SMILES string of the molecule is O=C(c1ccc2c(c1)OCCO2)C1CCN(C(=O)c2cncc3ccccc23)CC1. The van der Waals surface area contributed by atoms with Crippen LogP contribution in [0.2, 0.25) is 0 Å². The summed E-state index contributed by atoms with van der Waals surface area (Å²) in [6.45, 7) is 2.14. The number of carbonyl (C=O) groups excluding carboxylic acids is 2. The molecule has 1 aromatic heterocycles. The molecule has 1 amide bonds. The van der Waals surface area contributed by atoms with E-state index in [9.17, 15) is 9.59 Å². The summed E-state index contributed by atoms with van der Waals surface area (Å²) in [6.07, 6.45) is 4.70. The van der Waals surface area contributed by atoms with Gasteiger partial charge >= 0.3 is 0 Å². The topological polar surface area (TPSA) is 68.7 Å². The van der Waals surface area contributed by atoms with Crippen LogP contribution in [0, 0.1) is 5.92 Å². The highest BCUT2D eigenvalue weighted by Crippen LogP contribution is 2.33. The quantitative estimate of drug-likeness (QED) is 0.625. The van der Waals surface area contributed by atoms with Crippen LogP contribution in [0.3, 0.4) is 0 Å². The van der Waals surface area contributed by atoms with Crippen LogP contribution < -0.4 is 9.47 Å². The van der Waals surface area contributed by atoms with E-state index < -0.39 is 0 Å². The van der Waals surface area contributed by atoms with E-state index in [-0.39, 0.29) is 17.6 Å². The van der Waals surface area contributed by atoms with Gasteiger partial charge in [0.15, 0.2) is 17.3 Å². The van der Waals surface area contributed by atoms with Crippen molar-refractivity contribution in [3.05, 3.63) is 66.0 Å². The van der Waals surface area contributed by atoms with Crippen molar-refractivity contribution >= 4 is 22.5 Å². The second-order valence-electron chi connectivity index (χ2n) is 7.70. The molecule has 6 heteroatoms. The van der Waals surface area contributed by atoms with E-state index in [1.165, 1.54) is 0 Å². The molecule has 152 valence electrons. The largest absolute Gasteiger partial charge is 0.486 e. The number of benzene rings is 2. The highest BCUT2D eigenvalue weighted by atomic mass is 16.6. The third-order valence-corrected chi connectivity index (χ3v) is 5.88. The molecule has 1 saturated heterocycles. The van der Waals surface area contributed by atoms with Crippen LogP contribution in [0.1, 0.15) is 33.6 Å². The van der Waals surface area contributed by atoms with Gasteiger partial charge in [0.05, 0.1) is 5.56 Å². The zero-order valence-corrected chi connectivity index (χ0v) is 16.5. The van der Waals surface area contributed by atoms with Gasteiger partial charge in [0.25, 0.3) is 5.91 Å². The van der Waals surface area contributed by atoms with Crippen LogP contribution in [-0.4, -0.2) is 47.9 Å². The van der Waals surface area contributed by atoms with Crippen molar-refractivity contribution in [2.24, 2.45) is 5.92 Å². The Balaban J connectivity index is 1.28. The molecule has 3 aromatic rings. The summed E-state index contributed by atoms with van der Waals surface area (Å²) in [5.41, 5.74) is 1.26. The summed E-state index contributed by atoms with van der Waals surface area (Å²) in [5, 5.41) is 1.86. The number of carbonyl (C=O) groups is 2. The minimum Gasteiger partial charge on any atom is -0.486 e. The first-order valence-electron chi connectivity index (χ1n) is 10.3. The fourth-order valence-electron chi connectivity index (χ4n) is 4.23. The van der Waals surface area contributed by atoms with E-state index in [2.05, 4.69) is 4.98 Å². The van der Waals surface area contributed by atoms with Crippen molar-refractivity contribution in [2.45, 2.75) is 12.8 Å². The normalized spacial score (nSPS) is 16.5. The maximum atomic E-state index is 13.1. The Labute approximate surface area is 174 Å². The van der Waals surface area contributed by atoms with Gasteiger partial charge in [0, 0.05) is 42.4 Å². The highest BCUT2D eigenvalue weighted by molar-refractivity contribution is 6.06. The van der Waals surface area contributed by atoms with Gasteiger partial charge in [-0.25, -0.2) is 0 Å². The standard InChI is InChI=1S/C24H22N2O4/c27-23(17-5-6-21-22(13-17)30-12-11-29-21)16-7-9-26(10-8-16)24(28)20-15-25-14-18-3-1-2-4-19(18)20/h1-6,13-16H,7-12H2. The van der Waals surface area contributed by atoms with E-state index >= 15 is 0 Å². The van der Waals surface area contributed by atoms with Gasteiger partial charge in [-0.1, -0.05) is 24.3 Å². The molecule has 3 heterocycles. The Kier molecular flexibility index (Phi) is 4.83. The fourth-order valence-corrected chi connectivity index (χ4v) is 4.23. The molecule has 0 radical (unpaired) electrons. The lowest BCUT2D eigenvalue weighted by Gasteiger charge is -2.31. The molecule has 6 nitrogen and oxygen atoms in total. The number of piperidine rings is 1. The first-order chi connectivity index (χ1) is 14.7. The van der Waals surface area contributed by atoms with Gasteiger partial charge in [0.1, 0.15) is 13.2 Å². The third-order valence-electron chi connectivity index (χ3n) is 5.88. The lowest BCUT2D eigenvalue weighted by Crippen LogP contribution is -2.40. The number of Topliss-reactive ketones (excluding diaryl/α,β-unsaturated/α-hetero) is 1. The van der Waals surface area contributed by atoms with Crippen molar-refractivity contribution in [3.8, 4) is 11.5 Å². The second kappa shape index (κ2) is 7.78. The van der Waals surface area contributed by atoms with Crippen molar-refractivity contribution in [3.63, 3.8) is 0 Å². The molecule has 0 N–H and O–H groups in total. The van der Waals surface area contributed by atoms with Gasteiger partial charge in [-0.05, 0) is 36.4 Å². The van der Waals surface area contributed by atoms with Gasteiger partial charge in [0.2, 0.25) is 0 Å². The average Bonchev–Trinajstić information content (AvgIpc) is 2.82. The van der Waals surface area contributed by atoms with Crippen LogP contribution in [-0.2, 0) is 0 Å². The molecule has 0 saturated carbocycles. The van der Waals surface area contributed by atoms with Gasteiger partial charge < -0.3 is 14.4 Å². The molecule has 0 unspecified atom stereocenters.